The Labute approximate surface area is 126 Å². The number of carbonyl (C=O) groups excluding carboxylic acids is 1. The molecule has 0 unspecified atom stereocenters. The summed E-state index contributed by atoms with van der Waals surface area (Å²) in [5, 5.41) is 14.5. The van der Waals surface area contributed by atoms with Gasteiger partial charge in [0.25, 0.3) is 0 Å². The molecule has 0 bridgehead atoms. The third-order valence-corrected chi connectivity index (χ3v) is 5.01. The molecule has 0 radical (unpaired) electrons. The standard InChI is InChI=1S/C13H15ClN2O3S/c1-20-13(4-5-13)7-15-12(19)16-8-2-3-10(14)9(6-8)11(17)18/h2-3,6H,4-5,7H2,1H3,(H,17,18)(H2,15,16,19). The molecule has 0 atom stereocenters. The maximum Gasteiger partial charge on any atom is 0.337 e. The van der Waals surface area contributed by atoms with Gasteiger partial charge in [0.05, 0.1) is 10.6 Å². The van der Waals surface area contributed by atoms with E-state index in [1.54, 1.807) is 17.8 Å². The van der Waals surface area contributed by atoms with Crippen molar-refractivity contribution in [2.24, 2.45) is 0 Å². The first kappa shape index (κ1) is 15.0. The van der Waals surface area contributed by atoms with Crippen molar-refractivity contribution >= 4 is 41.1 Å². The SMILES string of the molecule is CSC1(CNC(=O)Nc2ccc(Cl)c(C(=O)O)c2)CC1. The Hall–Kier alpha value is -1.40. The van der Waals surface area contributed by atoms with Gasteiger partial charge in [0.2, 0.25) is 0 Å². The van der Waals surface area contributed by atoms with Crippen molar-refractivity contribution in [3.8, 4) is 0 Å². The molecule has 5 nitrogen and oxygen atoms in total. The highest BCUT2D eigenvalue weighted by molar-refractivity contribution is 8.00. The van der Waals surface area contributed by atoms with Gasteiger partial charge in [-0.15, -0.1) is 0 Å². The van der Waals surface area contributed by atoms with Crippen LogP contribution in [0.2, 0.25) is 5.02 Å². The molecule has 20 heavy (non-hydrogen) atoms. The van der Waals surface area contributed by atoms with E-state index in [9.17, 15) is 9.59 Å². The lowest BCUT2D eigenvalue weighted by atomic mass is 10.2. The van der Waals surface area contributed by atoms with Crippen molar-refractivity contribution in [1.29, 1.82) is 0 Å². The van der Waals surface area contributed by atoms with Crippen LogP contribution >= 0.6 is 23.4 Å². The van der Waals surface area contributed by atoms with Crippen molar-refractivity contribution in [3.63, 3.8) is 0 Å². The first-order valence-corrected chi connectivity index (χ1v) is 7.69. The number of urea groups is 1. The fourth-order valence-electron chi connectivity index (χ4n) is 1.78. The van der Waals surface area contributed by atoms with Crippen LogP contribution in [-0.2, 0) is 0 Å². The van der Waals surface area contributed by atoms with E-state index in [0.717, 1.165) is 12.8 Å². The Kier molecular flexibility index (Phi) is 4.45. The molecule has 7 heteroatoms. The maximum absolute atomic E-state index is 11.8. The fraction of sp³-hybridized carbons (Fsp3) is 0.385. The average molecular weight is 315 g/mol. The number of rotatable bonds is 5. The molecular weight excluding hydrogens is 300 g/mol. The molecule has 2 amide bonds. The third kappa shape index (κ3) is 3.58. The van der Waals surface area contributed by atoms with E-state index in [-0.39, 0.29) is 21.4 Å². The van der Waals surface area contributed by atoms with Crippen LogP contribution in [-0.4, -0.2) is 34.7 Å². The molecule has 0 saturated heterocycles. The largest absolute Gasteiger partial charge is 0.478 e. The number of benzene rings is 1. The minimum atomic E-state index is -1.13. The highest BCUT2D eigenvalue weighted by Crippen LogP contribution is 2.46. The van der Waals surface area contributed by atoms with E-state index in [4.69, 9.17) is 16.7 Å². The number of halogens is 1. The average Bonchev–Trinajstić information content (AvgIpc) is 3.19. The van der Waals surface area contributed by atoms with Gasteiger partial charge in [-0.05, 0) is 37.3 Å². The quantitative estimate of drug-likeness (QED) is 0.780. The van der Waals surface area contributed by atoms with E-state index in [1.165, 1.54) is 12.1 Å². The summed E-state index contributed by atoms with van der Waals surface area (Å²) in [7, 11) is 0. The zero-order valence-electron chi connectivity index (χ0n) is 10.9. The minimum Gasteiger partial charge on any atom is -0.478 e. The lowest BCUT2D eigenvalue weighted by Gasteiger charge is -2.14. The molecule has 3 N–H and O–H groups in total. The van der Waals surface area contributed by atoms with E-state index in [0.29, 0.717) is 12.2 Å². The van der Waals surface area contributed by atoms with Gasteiger partial charge >= 0.3 is 12.0 Å². The van der Waals surface area contributed by atoms with Crippen LogP contribution in [0.15, 0.2) is 18.2 Å². The van der Waals surface area contributed by atoms with Crippen molar-refractivity contribution in [1.82, 2.24) is 5.32 Å². The Balaban J connectivity index is 1.94. The Morgan fingerprint density at radius 3 is 2.70 bits per heavy atom. The Morgan fingerprint density at radius 1 is 1.45 bits per heavy atom. The number of carboxylic acid groups (broad SMARTS) is 1. The highest BCUT2D eigenvalue weighted by Gasteiger charge is 2.41. The summed E-state index contributed by atoms with van der Waals surface area (Å²) < 4.78 is 0.184. The smallest absolute Gasteiger partial charge is 0.337 e. The van der Waals surface area contributed by atoms with Crippen molar-refractivity contribution in [3.05, 3.63) is 28.8 Å². The Bertz CT molecular complexity index is 546. The first-order chi connectivity index (χ1) is 9.46. The van der Waals surface area contributed by atoms with Gasteiger partial charge < -0.3 is 15.7 Å². The summed E-state index contributed by atoms with van der Waals surface area (Å²) in [4.78, 5) is 22.7. The molecular formula is C13H15ClN2O3S. The molecule has 1 fully saturated rings. The van der Waals surface area contributed by atoms with Crippen LogP contribution in [0.3, 0.4) is 0 Å². The summed E-state index contributed by atoms with van der Waals surface area (Å²) >= 11 is 7.52. The summed E-state index contributed by atoms with van der Waals surface area (Å²) in [5.41, 5.74) is 0.366. The second-order valence-corrected chi connectivity index (χ2v) is 6.38. The second-order valence-electron chi connectivity index (χ2n) is 4.69. The van der Waals surface area contributed by atoms with E-state index in [1.807, 2.05) is 6.26 Å². The molecule has 1 saturated carbocycles. The molecule has 1 aliphatic rings. The normalized spacial score (nSPS) is 15.5. The van der Waals surface area contributed by atoms with E-state index in [2.05, 4.69) is 10.6 Å². The predicted octanol–water partition coefficient (Wildman–Crippen LogP) is 3.06. The van der Waals surface area contributed by atoms with Gasteiger partial charge in [-0.3, -0.25) is 0 Å². The molecule has 0 aromatic heterocycles. The summed E-state index contributed by atoms with van der Waals surface area (Å²) in [5.74, 6) is -1.13. The number of amides is 2. The van der Waals surface area contributed by atoms with Crippen LogP contribution in [0.4, 0.5) is 10.5 Å². The van der Waals surface area contributed by atoms with Crippen LogP contribution in [0.5, 0.6) is 0 Å². The van der Waals surface area contributed by atoms with Crippen LogP contribution in [0, 0.1) is 0 Å². The molecule has 0 spiro atoms. The van der Waals surface area contributed by atoms with Crippen LogP contribution in [0.25, 0.3) is 0 Å². The van der Waals surface area contributed by atoms with Gasteiger partial charge in [-0.25, -0.2) is 9.59 Å². The maximum atomic E-state index is 11.8. The number of nitrogens with one attached hydrogen (secondary N) is 2. The summed E-state index contributed by atoms with van der Waals surface area (Å²) in [6.07, 6.45) is 4.25. The molecule has 1 aromatic carbocycles. The number of thioether (sulfide) groups is 1. The lowest BCUT2D eigenvalue weighted by molar-refractivity contribution is 0.0697. The van der Waals surface area contributed by atoms with E-state index < -0.39 is 5.97 Å². The second kappa shape index (κ2) is 5.93. The highest BCUT2D eigenvalue weighted by atomic mass is 35.5. The number of anilines is 1. The Morgan fingerprint density at radius 2 is 2.15 bits per heavy atom. The molecule has 0 aliphatic heterocycles. The van der Waals surface area contributed by atoms with Crippen molar-refractivity contribution in [2.75, 3.05) is 18.1 Å². The fourth-order valence-corrected chi connectivity index (χ4v) is 2.70. The number of carboxylic acids is 1. The van der Waals surface area contributed by atoms with Crippen molar-refractivity contribution < 1.29 is 14.7 Å². The first-order valence-electron chi connectivity index (χ1n) is 6.09. The van der Waals surface area contributed by atoms with Crippen LogP contribution < -0.4 is 10.6 Å². The van der Waals surface area contributed by atoms with Gasteiger partial charge in [0.1, 0.15) is 0 Å². The van der Waals surface area contributed by atoms with Gasteiger partial charge in [0.15, 0.2) is 0 Å². The van der Waals surface area contributed by atoms with Gasteiger partial charge in [-0.1, -0.05) is 11.6 Å². The number of hydrogen-bond acceptors (Lipinski definition) is 3. The topological polar surface area (TPSA) is 78.4 Å². The van der Waals surface area contributed by atoms with Gasteiger partial charge in [-0.2, -0.15) is 11.8 Å². The summed E-state index contributed by atoms with van der Waals surface area (Å²) in [6, 6.07) is 4.01. The summed E-state index contributed by atoms with van der Waals surface area (Å²) in [6.45, 7) is 0.610. The van der Waals surface area contributed by atoms with Gasteiger partial charge in [0, 0.05) is 17.0 Å². The lowest BCUT2D eigenvalue weighted by Crippen LogP contribution is -2.35. The number of hydrogen-bond donors (Lipinski definition) is 3. The zero-order chi connectivity index (χ0) is 14.8. The number of carbonyl (C=O) groups is 2. The van der Waals surface area contributed by atoms with E-state index >= 15 is 0 Å². The predicted molar refractivity (Wildman–Crippen MR) is 80.9 cm³/mol. The molecule has 1 aromatic rings. The zero-order valence-corrected chi connectivity index (χ0v) is 12.5. The van der Waals surface area contributed by atoms with Crippen molar-refractivity contribution in [2.45, 2.75) is 17.6 Å². The van der Waals surface area contributed by atoms with Crippen LogP contribution in [0.1, 0.15) is 23.2 Å². The number of aromatic carboxylic acids is 1. The third-order valence-electron chi connectivity index (χ3n) is 3.27. The molecule has 1 aliphatic carbocycles. The molecule has 108 valence electrons. The monoisotopic (exact) mass is 314 g/mol. The molecule has 2 rings (SSSR count). The minimum absolute atomic E-state index is 0.0350. The molecule has 0 heterocycles.